The van der Waals surface area contributed by atoms with Crippen LogP contribution in [0.2, 0.25) is 0 Å². The maximum atomic E-state index is 14.0. The Labute approximate surface area is 110 Å². The van der Waals surface area contributed by atoms with Gasteiger partial charge in [-0.05, 0) is 0 Å². The third kappa shape index (κ3) is 1.65. The summed E-state index contributed by atoms with van der Waals surface area (Å²) in [5.74, 6) is -4.09. The number of hydrogen-bond donors (Lipinski definition) is 3. The Balaban J connectivity index is 2.10. The van der Waals surface area contributed by atoms with Gasteiger partial charge in [-0.1, -0.05) is 0 Å². The second-order valence-corrected chi connectivity index (χ2v) is 4.35. The Kier molecular flexibility index (Phi) is 2.81. The Morgan fingerprint density at radius 1 is 1.35 bits per heavy atom. The van der Waals surface area contributed by atoms with Crippen LogP contribution in [0.25, 0.3) is 11.2 Å². The van der Waals surface area contributed by atoms with Crippen LogP contribution < -0.4 is 0 Å². The van der Waals surface area contributed by atoms with E-state index in [4.69, 9.17) is 9.84 Å². The molecule has 0 spiro atoms. The summed E-state index contributed by atoms with van der Waals surface area (Å²) in [5, 5.41) is 27.9. The number of fused-ring (bicyclic) bond motifs is 1. The molecule has 3 atom stereocenters. The highest BCUT2D eigenvalue weighted by Crippen LogP contribution is 2.43. The monoisotopic (exact) mass is 288 g/mol. The molecule has 0 bridgehead atoms. The molecule has 1 unspecified atom stereocenters. The molecular formula is C10H10F2N4O4. The molecule has 2 aromatic heterocycles. The largest absolute Gasteiger partial charge is 0.492 e. The Morgan fingerprint density at radius 2 is 2.10 bits per heavy atom. The normalized spacial score (nSPS) is 29.1. The minimum Gasteiger partial charge on any atom is -0.492 e. The number of aliphatic hydroxyl groups is 2. The molecule has 1 fully saturated rings. The predicted molar refractivity (Wildman–Crippen MR) is 58.9 cm³/mol. The number of imidazole rings is 1. The zero-order valence-electron chi connectivity index (χ0n) is 9.89. The lowest BCUT2D eigenvalue weighted by atomic mass is 10.1. The van der Waals surface area contributed by atoms with Gasteiger partial charge in [0.25, 0.3) is 0 Å². The van der Waals surface area contributed by atoms with Gasteiger partial charge in [-0.2, -0.15) is 13.8 Å². The van der Waals surface area contributed by atoms with E-state index < -0.39 is 36.8 Å². The molecule has 2 aromatic rings. The van der Waals surface area contributed by atoms with Crippen molar-refractivity contribution in [3.63, 3.8) is 0 Å². The van der Waals surface area contributed by atoms with Gasteiger partial charge in [0.2, 0.25) is 12.1 Å². The van der Waals surface area contributed by atoms with E-state index in [0.29, 0.717) is 0 Å². The summed E-state index contributed by atoms with van der Waals surface area (Å²) in [6.07, 6.45) is -3.45. The van der Waals surface area contributed by atoms with E-state index in [0.717, 1.165) is 17.2 Å². The Bertz CT molecular complexity index is 649. The topological polar surface area (TPSA) is 114 Å². The van der Waals surface area contributed by atoms with Crippen molar-refractivity contribution in [1.82, 2.24) is 19.5 Å². The van der Waals surface area contributed by atoms with Gasteiger partial charge < -0.3 is 20.1 Å². The molecule has 1 saturated heterocycles. The van der Waals surface area contributed by atoms with Gasteiger partial charge >= 0.3 is 5.92 Å². The molecule has 1 aliphatic heterocycles. The lowest BCUT2D eigenvalue weighted by molar-refractivity contribution is -0.138. The van der Waals surface area contributed by atoms with Gasteiger partial charge in [-0.25, -0.2) is 9.97 Å². The van der Waals surface area contributed by atoms with E-state index in [9.17, 15) is 19.0 Å². The second-order valence-electron chi connectivity index (χ2n) is 4.35. The van der Waals surface area contributed by atoms with Crippen LogP contribution in [0.5, 0.6) is 5.88 Å². The summed E-state index contributed by atoms with van der Waals surface area (Å²) in [4.78, 5) is 11.0. The fourth-order valence-corrected chi connectivity index (χ4v) is 2.13. The highest BCUT2D eigenvalue weighted by Gasteiger charge is 2.59. The van der Waals surface area contributed by atoms with Crippen LogP contribution in [0.15, 0.2) is 12.7 Å². The predicted octanol–water partition coefficient (Wildman–Crippen LogP) is -0.582. The molecule has 108 valence electrons. The number of nitrogens with zero attached hydrogens (tertiary/aromatic N) is 4. The molecule has 3 N–H and O–H groups in total. The third-order valence-corrected chi connectivity index (χ3v) is 3.15. The van der Waals surface area contributed by atoms with Gasteiger partial charge in [0.05, 0.1) is 12.9 Å². The van der Waals surface area contributed by atoms with Crippen molar-refractivity contribution in [3.8, 4) is 5.88 Å². The fraction of sp³-hybridized carbons (Fsp3) is 0.500. The number of rotatable bonds is 2. The maximum absolute atomic E-state index is 14.0. The van der Waals surface area contributed by atoms with Gasteiger partial charge in [0.15, 0.2) is 17.3 Å². The van der Waals surface area contributed by atoms with E-state index in [1.807, 2.05) is 0 Å². The summed E-state index contributed by atoms with van der Waals surface area (Å²) < 4.78 is 33.8. The lowest BCUT2D eigenvalue weighted by Gasteiger charge is -2.20. The molecule has 3 heterocycles. The van der Waals surface area contributed by atoms with Crippen molar-refractivity contribution in [1.29, 1.82) is 0 Å². The lowest BCUT2D eigenvalue weighted by Crippen LogP contribution is -2.39. The molecule has 0 amide bonds. The first-order valence-electron chi connectivity index (χ1n) is 5.65. The number of hydrogen-bond acceptors (Lipinski definition) is 7. The molecule has 10 heteroatoms. The standard InChI is InChI=1S/C10H10F2N4O4/c11-10(12)6(18)4(1-17)20-9(10)16-3-15-5-7(16)13-2-14-8(5)19/h2-4,6,9,17-18H,1H2,(H,13,14,19)/t4-,6?,9-/m1/s1. The summed E-state index contributed by atoms with van der Waals surface area (Å²) in [6, 6.07) is 0. The van der Waals surface area contributed by atoms with Crippen LogP contribution in [0, 0.1) is 0 Å². The Morgan fingerprint density at radius 3 is 2.75 bits per heavy atom. The van der Waals surface area contributed by atoms with Crippen LogP contribution >= 0.6 is 0 Å². The number of ether oxygens (including phenoxy) is 1. The number of aromatic nitrogens is 4. The van der Waals surface area contributed by atoms with Crippen LogP contribution in [0.4, 0.5) is 8.78 Å². The van der Waals surface area contributed by atoms with E-state index in [2.05, 4.69) is 15.0 Å². The zero-order valence-corrected chi connectivity index (χ0v) is 9.89. The van der Waals surface area contributed by atoms with E-state index in [-0.39, 0.29) is 11.2 Å². The summed E-state index contributed by atoms with van der Waals surface area (Å²) in [7, 11) is 0. The van der Waals surface area contributed by atoms with E-state index >= 15 is 0 Å². The molecule has 0 aromatic carbocycles. The summed E-state index contributed by atoms with van der Waals surface area (Å²) in [5.41, 5.74) is -0.123. The van der Waals surface area contributed by atoms with Crippen LogP contribution in [0.3, 0.4) is 0 Å². The van der Waals surface area contributed by atoms with Gasteiger partial charge in [0.1, 0.15) is 12.4 Å². The number of halogens is 2. The molecule has 0 saturated carbocycles. The first-order chi connectivity index (χ1) is 9.46. The highest BCUT2D eigenvalue weighted by atomic mass is 19.3. The average molecular weight is 288 g/mol. The minimum atomic E-state index is -3.64. The summed E-state index contributed by atoms with van der Waals surface area (Å²) >= 11 is 0. The first kappa shape index (κ1) is 13.1. The van der Waals surface area contributed by atoms with Crippen molar-refractivity contribution in [2.24, 2.45) is 0 Å². The van der Waals surface area contributed by atoms with Crippen molar-refractivity contribution in [2.75, 3.05) is 6.61 Å². The third-order valence-electron chi connectivity index (χ3n) is 3.15. The fourth-order valence-electron chi connectivity index (χ4n) is 2.13. The first-order valence-corrected chi connectivity index (χ1v) is 5.65. The van der Waals surface area contributed by atoms with Crippen molar-refractivity contribution >= 4 is 11.2 Å². The highest BCUT2D eigenvalue weighted by molar-refractivity contribution is 5.75. The minimum absolute atomic E-state index is 0.0613. The molecule has 20 heavy (non-hydrogen) atoms. The zero-order chi connectivity index (χ0) is 14.5. The van der Waals surface area contributed by atoms with E-state index in [1.165, 1.54) is 0 Å². The molecular weight excluding hydrogens is 278 g/mol. The number of aliphatic hydroxyl groups excluding tert-OH is 2. The number of alkyl halides is 2. The van der Waals surface area contributed by atoms with Gasteiger partial charge in [-0.3, -0.25) is 4.57 Å². The number of aromatic hydroxyl groups is 1. The van der Waals surface area contributed by atoms with E-state index in [1.54, 1.807) is 0 Å². The Hall–Kier alpha value is -1.91. The quantitative estimate of drug-likeness (QED) is 0.677. The molecule has 1 aliphatic rings. The smallest absolute Gasteiger partial charge is 0.320 e. The molecule has 0 aliphatic carbocycles. The van der Waals surface area contributed by atoms with Gasteiger partial charge in [0, 0.05) is 0 Å². The summed E-state index contributed by atoms with van der Waals surface area (Å²) in [6.45, 7) is -0.750. The SMILES string of the molecule is OC[C@H]1O[C@@H](n2cnc3c(O)ncnc32)C(F)(F)C1O. The van der Waals surface area contributed by atoms with Gasteiger partial charge in [-0.15, -0.1) is 0 Å². The molecule has 3 rings (SSSR count). The average Bonchev–Trinajstić information content (AvgIpc) is 2.92. The van der Waals surface area contributed by atoms with Crippen LogP contribution in [-0.4, -0.2) is 59.6 Å². The second kappa shape index (κ2) is 4.30. The molecule has 0 radical (unpaired) electrons. The van der Waals surface area contributed by atoms with Crippen molar-refractivity contribution in [2.45, 2.75) is 24.4 Å². The van der Waals surface area contributed by atoms with Crippen LogP contribution in [-0.2, 0) is 4.74 Å². The van der Waals surface area contributed by atoms with Crippen LogP contribution in [0.1, 0.15) is 6.23 Å². The maximum Gasteiger partial charge on any atom is 0.320 e. The molecule has 8 nitrogen and oxygen atoms in total. The van der Waals surface area contributed by atoms with Crippen molar-refractivity contribution in [3.05, 3.63) is 12.7 Å². The van der Waals surface area contributed by atoms with Crippen molar-refractivity contribution < 1.29 is 28.8 Å².